The van der Waals surface area contributed by atoms with Crippen LogP contribution in [-0.2, 0) is 14.6 Å². The van der Waals surface area contributed by atoms with E-state index in [-0.39, 0.29) is 4.90 Å². The van der Waals surface area contributed by atoms with Crippen molar-refractivity contribution in [1.82, 2.24) is 25.4 Å². The molecule has 1 fully saturated rings. The van der Waals surface area contributed by atoms with Crippen LogP contribution in [0.25, 0.3) is 21.8 Å². The Balaban J connectivity index is 1.64. The van der Waals surface area contributed by atoms with Crippen molar-refractivity contribution in [2.24, 2.45) is 0 Å². The zero-order valence-electron chi connectivity index (χ0n) is 15.8. The van der Waals surface area contributed by atoms with Gasteiger partial charge in [-0.25, -0.2) is 13.4 Å². The zero-order valence-corrected chi connectivity index (χ0v) is 16.6. The van der Waals surface area contributed by atoms with E-state index in [9.17, 15) is 8.42 Å². The Hall–Kier alpha value is -2.98. The minimum atomic E-state index is -3.41. The third-order valence-corrected chi connectivity index (χ3v) is 6.47. The Kier molecular flexibility index (Phi) is 4.25. The van der Waals surface area contributed by atoms with Crippen molar-refractivity contribution in [2.75, 3.05) is 24.8 Å². The Labute approximate surface area is 166 Å². The van der Waals surface area contributed by atoms with Crippen molar-refractivity contribution < 1.29 is 13.2 Å². The highest BCUT2D eigenvalue weighted by Gasteiger charge is 2.23. The number of anilines is 2. The third-order valence-electron chi connectivity index (χ3n) is 5.33. The molecule has 0 unspecified atom stereocenters. The van der Waals surface area contributed by atoms with E-state index in [1.807, 2.05) is 0 Å². The van der Waals surface area contributed by atoms with Gasteiger partial charge in [0.15, 0.2) is 15.7 Å². The van der Waals surface area contributed by atoms with Gasteiger partial charge in [0.25, 0.3) is 0 Å². The smallest absolute Gasteiger partial charge is 0.176 e. The molecule has 1 aliphatic rings. The molecule has 5 rings (SSSR count). The maximum absolute atomic E-state index is 12.3. The van der Waals surface area contributed by atoms with E-state index in [4.69, 9.17) is 9.72 Å². The highest BCUT2D eigenvalue weighted by Crippen LogP contribution is 2.36. The van der Waals surface area contributed by atoms with Crippen LogP contribution < -0.4 is 5.32 Å². The molecule has 0 aliphatic carbocycles. The summed E-state index contributed by atoms with van der Waals surface area (Å²) in [6.07, 6.45) is 6.43. The molecule has 0 radical (unpaired) electrons. The predicted octanol–water partition coefficient (Wildman–Crippen LogP) is 2.88. The molecule has 0 amide bonds. The van der Waals surface area contributed by atoms with E-state index in [0.29, 0.717) is 33.5 Å². The standard InChI is InChI=1S/C19H20N6O3S/c1-29(26,27)15-4-2-3-13-16(15)12-9-20-25-18(12)19(22-13)23-14-10-21-24-17(14)11-5-7-28-8-6-11/h2-4,9-11H,5-8H2,1H3,(H,20,25)(H,21,24)(H,22,23). The minimum Gasteiger partial charge on any atom is -0.381 e. The molecule has 1 aliphatic heterocycles. The first-order valence-corrected chi connectivity index (χ1v) is 11.3. The first-order chi connectivity index (χ1) is 14.0. The van der Waals surface area contributed by atoms with E-state index in [0.717, 1.165) is 37.4 Å². The molecular weight excluding hydrogens is 392 g/mol. The monoisotopic (exact) mass is 412 g/mol. The normalized spacial score (nSPS) is 15.9. The lowest BCUT2D eigenvalue weighted by molar-refractivity contribution is 0.0846. The number of nitrogens with one attached hydrogen (secondary N) is 3. The summed E-state index contributed by atoms with van der Waals surface area (Å²) in [7, 11) is -3.41. The van der Waals surface area contributed by atoms with Crippen LogP contribution in [0.4, 0.5) is 11.5 Å². The summed E-state index contributed by atoms with van der Waals surface area (Å²) >= 11 is 0. The SMILES string of the molecule is CS(=O)(=O)c1cccc2nc(Nc3cn[nH]c3C3CCOCC3)c3[nH]ncc3c12. The predicted molar refractivity (Wildman–Crippen MR) is 109 cm³/mol. The van der Waals surface area contributed by atoms with Crippen molar-refractivity contribution in [3.05, 3.63) is 36.3 Å². The Morgan fingerprint density at radius 2 is 1.93 bits per heavy atom. The Morgan fingerprint density at radius 3 is 2.72 bits per heavy atom. The lowest BCUT2D eigenvalue weighted by Crippen LogP contribution is -2.15. The van der Waals surface area contributed by atoms with E-state index >= 15 is 0 Å². The minimum absolute atomic E-state index is 0.242. The maximum Gasteiger partial charge on any atom is 0.176 e. The largest absolute Gasteiger partial charge is 0.381 e. The fourth-order valence-corrected chi connectivity index (χ4v) is 4.85. The number of nitrogens with zero attached hydrogens (tertiary/aromatic N) is 3. The van der Waals surface area contributed by atoms with Gasteiger partial charge in [0.1, 0.15) is 5.52 Å². The van der Waals surface area contributed by atoms with E-state index in [2.05, 4.69) is 25.7 Å². The summed E-state index contributed by atoms with van der Waals surface area (Å²) in [6, 6.07) is 5.10. The van der Waals surface area contributed by atoms with Gasteiger partial charge in [-0.3, -0.25) is 10.2 Å². The third kappa shape index (κ3) is 3.14. The van der Waals surface area contributed by atoms with Crippen molar-refractivity contribution in [3.63, 3.8) is 0 Å². The molecule has 4 aromatic rings. The van der Waals surface area contributed by atoms with Crippen LogP contribution in [0.2, 0.25) is 0 Å². The van der Waals surface area contributed by atoms with Crippen molar-refractivity contribution in [3.8, 4) is 0 Å². The lowest BCUT2D eigenvalue weighted by Gasteiger charge is -2.22. The molecule has 4 heterocycles. The van der Waals surface area contributed by atoms with E-state index < -0.39 is 9.84 Å². The topological polar surface area (TPSA) is 126 Å². The Bertz CT molecular complexity index is 1300. The summed E-state index contributed by atoms with van der Waals surface area (Å²) < 4.78 is 30.0. The number of hydrogen-bond acceptors (Lipinski definition) is 7. The van der Waals surface area contributed by atoms with Gasteiger partial charge in [0.05, 0.1) is 34.2 Å². The van der Waals surface area contributed by atoms with Crippen LogP contribution in [0.3, 0.4) is 0 Å². The number of hydrogen-bond donors (Lipinski definition) is 3. The molecule has 10 heteroatoms. The second kappa shape index (κ2) is 6.82. The number of ether oxygens (including phenoxy) is 1. The van der Waals surface area contributed by atoms with Gasteiger partial charge >= 0.3 is 0 Å². The molecule has 1 aromatic carbocycles. The molecular formula is C19H20N6O3S. The summed E-state index contributed by atoms with van der Waals surface area (Å²) in [5, 5.41) is 19.0. The van der Waals surface area contributed by atoms with E-state index in [1.165, 1.54) is 6.26 Å². The first kappa shape index (κ1) is 18.1. The molecule has 0 bridgehead atoms. The number of sulfone groups is 1. The summed E-state index contributed by atoms with van der Waals surface area (Å²) in [5.74, 6) is 0.911. The molecule has 0 atom stereocenters. The van der Waals surface area contributed by atoms with Crippen molar-refractivity contribution >= 4 is 43.1 Å². The zero-order chi connectivity index (χ0) is 20.0. The number of fused-ring (bicyclic) bond motifs is 3. The average molecular weight is 412 g/mol. The lowest BCUT2D eigenvalue weighted by atomic mass is 9.96. The van der Waals surface area contributed by atoms with Crippen LogP contribution in [0, 0.1) is 0 Å². The van der Waals surface area contributed by atoms with Gasteiger partial charge in [-0.15, -0.1) is 0 Å². The molecule has 0 saturated carbocycles. The number of aromatic nitrogens is 5. The second-order valence-electron chi connectivity index (χ2n) is 7.25. The molecule has 3 N–H and O–H groups in total. The molecule has 3 aromatic heterocycles. The van der Waals surface area contributed by atoms with Crippen molar-refractivity contribution in [2.45, 2.75) is 23.7 Å². The molecule has 0 spiro atoms. The summed E-state index contributed by atoms with van der Waals surface area (Å²) in [5.41, 5.74) is 3.10. The average Bonchev–Trinajstić information content (AvgIpc) is 3.37. The summed E-state index contributed by atoms with van der Waals surface area (Å²) in [4.78, 5) is 4.94. The van der Waals surface area contributed by atoms with Crippen LogP contribution in [0.15, 0.2) is 35.5 Å². The number of pyridine rings is 1. The fourth-order valence-electron chi connectivity index (χ4n) is 3.94. The molecule has 150 valence electrons. The van der Waals surface area contributed by atoms with Gasteiger partial charge in [0.2, 0.25) is 0 Å². The fraction of sp³-hybridized carbons (Fsp3) is 0.316. The van der Waals surface area contributed by atoms with Crippen LogP contribution in [-0.4, -0.2) is 53.3 Å². The van der Waals surface area contributed by atoms with Crippen molar-refractivity contribution in [1.29, 1.82) is 0 Å². The molecule has 1 saturated heterocycles. The van der Waals surface area contributed by atoms with Gasteiger partial charge < -0.3 is 10.1 Å². The van der Waals surface area contributed by atoms with Gasteiger partial charge in [-0.2, -0.15) is 10.2 Å². The van der Waals surface area contributed by atoms with Crippen LogP contribution >= 0.6 is 0 Å². The quantitative estimate of drug-likeness (QED) is 0.470. The van der Waals surface area contributed by atoms with E-state index in [1.54, 1.807) is 30.6 Å². The number of H-pyrrole nitrogens is 2. The molecule has 9 nitrogen and oxygen atoms in total. The number of benzene rings is 1. The van der Waals surface area contributed by atoms with Gasteiger partial charge in [-0.05, 0) is 25.0 Å². The second-order valence-corrected chi connectivity index (χ2v) is 9.23. The highest BCUT2D eigenvalue weighted by atomic mass is 32.2. The Morgan fingerprint density at radius 1 is 1.14 bits per heavy atom. The number of rotatable bonds is 4. The van der Waals surface area contributed by atoms with Crippen LogP contribution in [0.5, 0.6) is 0 Å². The first-order valence-electron chi connectivity index (χ1n) is 9.36. The summed E-state index contributed by atoms with van der Waals surface area (Å²) in [6.45, 7) is 1.47. The highest BCUT2D eigenvalue weighted by molar-refractivity contribution is 7.91. The molecule has 29 heavy (non-hydrogen) atoms. The van der Waals surface area contributed by atoms with Gasteiger partial charge in [-0.1, -0.05) is 6.07 Å². The maximum atomic E-state index is 12.3. The van der Waals surface area contributed by atoms with Crippen LogP contribution in [0.1, 0.15) is 24.5 Å². The van der Waals surface area contributed by atoms with Gasteiger partial charge in [0, 0.05) is 36.2 Å². The number of aromatic amines is 2.